The summed E-state index contributed by atoms with van der Waals surface area (Å²) in [5, 5.41) is 3.83. The van der Waals surface area contributed by atoms with Crippen LogP contribution in [0.3, 0.4) is 0 Å². The first-order valence-corrected chi connectivity index (χ1v) is 12.5. The molecular formula is C25H31BrCl2N2O3. The van der Waals surface area contributed by atoms with Gasteiger partial charge in [0.2, 0.25) is 5.91 Å². The van der Waals surface area contributed by atoms with Crippen molar-refractivity contribution in [3.63, 3.8) is 0 Å². The maximum Gasteiger partial charge on any atom is 0.261 e. The van der Waals surface area contributed by atoms with E-state index in [0.29, 0.717) is 39.7 Å². The summed E-state index contributed by atoms with van der Waals surface area (Å²) in [7, 11) is 0. The standard InChI is InChI=1S/C25H31BrCl2N2O3/c1-15(2)12-29-25(32)17(5)30(13-19-6-8-20(27)11-22(19)28)24(31)14-33-23-9-7-18(16(3)4)10-21(23)26/h6-11,15-17H,12-14H2,1-5H3,(H,29,32)/t17-/m1/s1. The molecule has 0 spiro atoms. The molecular weight excluding hydrogens is 527 g/mol. The highest BCUT2D eigenvalue weighted by molar-refractivity contribution is 9.10. The zero-order valence-corrected chi connectivity index (χ0v) is 22.7. The maximum atomic E-state index is 13.2. The second-order valence-electron chi connectivity index (χ2n) is 8.71. The Balaban J connectivity index is 2.20. The van der Waals surface area contributed by atoms with E-state index in [0.717, 1.165) is 10.0 Å². The minimum atomic E-state index is -0.710. The van der Waals surface area contributed by atoms with E-state index in [4.69, 9.17) is 27.9 Å². The lowest BCUT2D eigenvalue weighted by atomic mass is 10.0. The number of carbonyl (C=O) groups excluding carboxylic acids is 2. The van der Waals surface area contributed by atoms with Crippen LogP contribution in [0.5, 0.6) is 5.75 Å². The van der Waals surface area contributed by atoms with Crippen LogP contribution in [0, 0.1) is 5.92 Å². The average molecular weight is 558 g/mol. The fraction of sp³-hybridized carbons (Fsp3) is 0.440. The van der Waals surface area contributed by atoms with E-state index in [1.165, 1.54) is 4.90 Å². The van der Waals surface area contributed by atoms with Gasteiger partial charge in [0, 0.05) is 23.1 Å². The Bertz CT molecular complexity index is 982. The zero-order chi connectivity index (χ0) is 24.7. The summed E-state index contributed by atoms with van der Waals surface area (Å²) in [6.07, 6.45) is 0. The van der Waals surface area contributed by atoms with E-state index in [9.17, 15) is 9.59 Å². The summed E-state index contributed by atoms with van der Waals surface area (Å²) in [4.78, 5) is 27.4. The van der Waals surface area contributed by atoms with Gasteiger partial charge in [0.25, 0.3) is 5.91 Å². The van der Waals surface area contributed by atoms with Crippen molar-refractivity contribution in [1.82, 2.24) is 10.2 Å². The number of ether oxygens (including phenoxy) is 1. The molecule has 1 atom stereocenters. The molecule has 180 valence electrons. The Morgan fingerprint density at radius 1 is 1.06 bits per heavy atom. The Morgan fingerprint density at radius 3 is 2.33 bits per heavy atom. The van der Waals surface area contributed by atoms with Crippen molar-refractivity contribution in [2.24, 2.45) is 5.92 Å². The van der Waals surface area contributed by atoms with Gasteiger partial charge in [-0.25, -0.2) is 0 Å². The van der Waals surface area contributed by atoms with Crippen molar-refractivity contribution in [1.29, 1.82) is 0 Å². The molecule has 0 bridgehead atoms. The number of benzene rings is 2. The van der Waals surface area contributed by atoms with Gasteiger partial charge in [-0.05, 0) is 70.1 Å². The second-order valence-corrected chi connectivity index (χ2v) is 10.4. The predicted molar refractivity (Wildman–Crippen MR) is 138 cm³/mol. The van der Waals surface area contributed by atoms with Crippen LogP contribution in [0.4, 0.5) is 0 Å². The van der Waals surface area contributed by atoms with Crippen molar-refractivity contribution in [3.8, 4) is 5.75 Å². The molecule has 0 fully saturated rings. The number of halogens is 3. The molecule has 0 unspecified atom stereocenters. The van der Waals surface area contributed by atoms with E-state index in [2.05, 4.69) is 35.1 Å². The molecule has 2 amide bonds. The number of amides is 2. The predicted octanol–water partition coefficient (Wildman–Crippen LogP) is 6.45. The fourth-order valence-electron chi connectivity index (χ4n) is 3.08. The van der Waals surface area contributed by atoms with Gasteiger partial charge < -0.3 is 15.0 Å². The van der Waals surface area contributed by atoms with Gasteiger partial charge in [-0.1, -0.05) is 63.0 Å². The number of rotatable bonds is 10. The highest BCUT2D eigenvalue weighted by Gasteiger charge is 2.27. The Morgan fingerprint density at radius 2 is 1.76 bits per heavy atom. The van der Waals surface area contributed by atoms with Crippen LogP contribution < -0.4 is 10.1 Å². The Hall–Kier alpha value is -1.76. The molecule has 0 heterocycles. The number of nitrogens with one attached hydrogen (secondary N) is 1. The molecule has 1 N–H and O–H groups in total. The van der Waals surface area contributed by atoms with Crippen LogP contribution in [-0.2, 0) is 16.1 Å². The van der Waals surface area contributed by atoms with Gasteiger partial charge in [-0.2, -0.15) is 0 Å². The van der Waals surface area contributed by atoms with Crippen LogP contribution in [0.1, 0.15) is 51.7 Å². The lowest BCUT2D eigenvalue weighted by Crippen LogP contribution is -2.49. The monoisotopic (exact) mass is 556 g/mol. The summed E-state index contributed by atoms with van der Waals surface area (Å²) in [5.41, 5.74) is 1.86. The molecule has 2 aromatic rings. The number of nitrogens with zero attached hydrogens (tertiary/aromatic N) is 1. The van der Waals surface area contributed by atoms with Gasteiger partial charge >= 0.3 is 0 Å². The quantitative estimate of drug-likeness (QED) is 0.365. The molecule has 0 saturated carbocycles. The first kappa shape index (κ1) is 27.5. The van der Waals surface area contributed by atoms with Crippen molar-refractivity contribution < 1.29 is 14.3 Å². The Labute approximate surface area is 214 Å². The highest BCUT2D eigenvalue weighted by atomic mass is 79.9. The largest absolute Gasteiger partial charge is 0.483 e. The third-order valence-electron chi connectivity index (χ3n) is 5.18. The molecule has 2 rings (SSSR count). The van der Waals surface area contributed by atoms with E-state index < -0.39 is 6.04 Å². The summed E-state index contributed by atoms with van der Waals surface area (Å²) < 4.78 is 6.58. The smallest absolute Gasteiger partial charge is 0.261 e. The summed E-state index contributed by atoms with van der Waals surface area (Å²) >= 11 is 15.9. The van der Waals surface area contributed by atoms with Crippen molar-refractivity contribution in [3.05, 3.63) is 62.0 Å². The normalized spacial score (nSPS) is 12.1. The molecule has 0 aromatic heterocycles. The lowest BCUT2D eigenvalue weighted by Gasteiger charge is -2.29. The van der Waals surface area contributed by atoms with Crippen LogP contribution in [0.2, 0.25) is 10.0 Å². The number of hydrogen-bond donors (Lipinski definition) is 1. The summed E-state index contributed by atoms with van der Waals surface area (Å²) in [6.45, 7) is 10.4. The molecule has 33 heavy (non-hydrogen) atoms. The third-order valence-corrected chi connectivity index (χ3v) is 6.39. The topological polar surface area (TPSA) is 58.6 Å². The molecule has 0 radical (unpaired) electrons. The molecule has 0 aliphatic heterocycles. The molecule has 2 aromatic carbocycles. The minimum absolute atomic E-state index is 0.155. The van der Waals surface area contributed by atoms with Crippen LogP contribution in [0.15, 0.2) is 40.9 Å². The van der Waals surface area contributed by atoms with Gasteiger partial charge in [-0.15, -0.1) is 0 Å². The third kappa shape index (κ3) is 8.20. The van der Waals surface area contributed by atoms with Crippen molar-refractivity contribution >= 4 is 50.9 Å². The van der Waals surface area contributed by atoms with Crippen molar-refractivity contribution in [2.45, 2.75) is 53.1 Å². The first-order valence-electron chi connectivity index (χ1n) is 10.9. The van der Waals surface area contributed by atoms with Crippen LogP contribution in [0.25, 0.3) is 0 Å². The molecule has 8 heteroatoms. The lowest BCUT2D eigenvalue weighted by molar-refractivity contribution is -0.142. The molecule has 0 aliphatic rings. The minimum Gasteiger partial charge on any atom is -0.483 e. The van der Waals surface area contributed by atoms with E-state index in [1.54, 1.807) is 25.1 Å². The van der Waals surface area contributed by atoms with Crippen molar-refractivity contribution in [2.75, 3.05) is 13.2 Å². The molecule has 0 aliphatic carbocycles. The van der Waals surface area contributed by atoms with E-state index in [-0.39, 0.29) is 25.0 Å². The number of carbonyl (C=O) groups is 2. The SMILES string of the molecule is CC(C)CNC(=O)[C@@H](C)N(Cc1ccc(Cl)cc1Cl)C(=O)COc1ccc(C(C)C)cc1Br. The zero-order valence-electron chi connectivity index (χ0n) is 19.6. The average Bonchev–Trinajstić information content (AvgIpc) is 2.75. The molecule has 0 saturated heterocycles. The Kier molecular flexibility index (Phi) is 10.5. The first-order chi connectivity index (χ1) is 15.5. The van der Waals surface area contributed by atoms with Gasteiger partial charge in [0.1, 0.15) is 11.8 Å². The number of hydrogen-bond acceptors (Lipinski definition) is 3. The summed E-state index contributed by atoms with van der Waals surface area (Å²) in [6, 6.07) is 10.2. The highest BCUT2D eigenvalue weighted by Crippen LogP contribution is 2.29. The molecule has 5 nitrogen and oxygen atoms in total. The maximum absolute atomic E-state index is 13.2. The van der Waals surface area contributed by atoms with Gasteiger partial charge in [0.05, 0.1) is 4.47 Å². The fourth-order valence-corrected chi connectivity index (χ4v) is 4.06. The van der Waals surface area contributed by atoms with Crippen LogP contribution in [-0.4, -0.2) is 35.9 Å². The van der Waals surface area contributed by atoms with E-state index in [1.807, 2.05) is 32.0 Å². The van der Waals surface area contributed by atoms with E-state index >= 15 is 0 Å². The van der Waals surface area contributed by atoms with Gasteiger partial charge in [0.15, 0.2) is 6.61 Å². The van der Waals surface area contributed by atoms with Gasteiger partial charge in [-0.3, -0.25) is 9.59 Å². The second kappa shape index (κ2) is 12.6. The van der Waals surface area contributed by atoms with Crippen LogP contribution >= 0.6 is 39.1 Å². The summed E-state index contributed by atoms with van der Waals surface area (Å²) in [5.74, 6) is 0.680.